The molecule has 1 amide bonds. The summed E-state index contributed by atoms with van der Waals surface area (Å²) < 4.78 is 0. The van der Waals surface area contributed by atoms with Crippen molar-refractivity contribution in [1.29, 1.82) is 0 Å². The highest BCUT2D eigenvalue weighted by molar-refractivity contribution is 5.92. The highest BCUT2D eigenvalue weighted by Gasteiger charge is 2.29. The molecule has 4 rings (SSSR count). The maximum Gasteiger partial charge on any atom is 0.267 e. The first-order valence-corrected chi connectivity index (χ1v) is 9.70. The maximum absolute atomic E-state index is 11.8. The summed E-state index contributed by atoms with van der Waals surface area (Å²) in [6.45, 7) is 6.87. The Morgan fingerprint density at radius 3 is 2.76 bits per heavy atom. The number of pyridine rings is 1. The van der Waals surface area contributed by atoms with E-state index in [2.05, 4.69) is 44.3 Å². The Balaban J connectivity index is 1.65. The highest BCUT2D eigenvalue weighted by Crippen LogP contribution is 2.38. The number of H-pyrrole nitrogens is 1. The van der Waals surface area contributed by atoms with E-state index in [0.29, 0.717) is 12.4 Å². The molecule has 0 fully saturated rings. The van der Waals surface area contributed by atoms with Crippen LogP contribution in [0.3, 0.4) is 0 Å². The van der Waals surface area contributed by atoms with Crippen LogP contribution in [0.2, 0.25) is 0 Å². The molecule has 8 heteroatoms. The number of nitrogens with one attached hydrogen (secondary N) is 2. The van der Waals surface area contributed by atoms with Crippen LogP contribution in [0.15, 0.2) is 24.5 Å². The van der Waals surface area contributed by atoms with Crippen LogP contribution in [0.25, 0.3) is 11.3 Å². The lowest BCUT2D eigenvalue weighted by Gasteiger charge is -2.29. The number of fused-ring (bicyclic) bond motifs is 1. The van der Waals surface area contributed by atoms with E-state index in [1.165, 1.54) is 11.3 Å². The van der Waals surface area contributed by atoms with Crippen molar-refractivity contribution in [2.45, 2.75) is 46.6 Å². The van der Waals surface area contributed by atoms with Crippen LogP contribution in [0.5, 0.6) is 0 Å². The third-order valence-corrected chi connectivity index (χ3v) is 5.32. The van der Waals surface area contributed by atoms with Gasteiger partial charge in [-0.2, -0.15) is 5.10 Å². The van der Waals surface area contributed by atoms with Gasteiger partial charge in [-0.05, 0) is 43.7 Å². The number of amides is 1. The number of carbonyl (C=O) groups excluding carboxylic acids is 1. The largest absolute Gasteiger partial charge is 0.366 e. The summed E-state index contributed by atoms with van der Waals surface area (Å²) in [5.74, 6) is 0.709. The molecule has 0 saturated carbocycles. The SMILES string of the molecule is Cc1ncc(CNc2cc(-c3n[nH]c4c3CCC(C)(C)C4)cc(C(N)=O)n2)cn1. The molecule has 0 aromatic carbocycles. The number of nitrogens with zero attached hydrogens (tertiary/aromatic N) is 4. The van der Waals surface area contributed by atoms with Gasteiger partial charge in [-0.25, -0.2) is 15.0 Å². The van der Waals surface area contributed by atoms with Crippen molar-refractivity contribution in [3.8, 4) is 11.3 Å². The minimum atomic E-state index is -0.570. The molecule has 0 aliphatic heterocycles. The molecular formula is C21H25N7O. The number of nitrogens with two attached hydrogens (primary N) is 1. The Labute approximate surface area is 169 Å². The summed E-state index contributed by atoms with van der Waals surface area (Å²) in [5.41, 5.74) is 11.0. The first-order chi connectivity index (χ1) is 13.8. The Kier molecular flexibility index (Phi) is 4.77. The third-order valence-electron chi connectivity index (χ3n) is 5.32. The minimum Gasteiger partial charge on any atom is -0.366 e. The maximum atomic E-state index is 11.8. The molecule has 1 aliphatic rings. The summed E-state index contributed by atoms with van der Waals surface area (Å²) >= 11 is 0. The van der Waals surface area contributed by atoms with Gasteiger partial charge in [-0.3, -0.25) is 9.89 Å². The summed E-state index contributed by atoms with van der Waals surface area (Å²) in [5, 5.41) is 11.0. The number of aromatic nitrogens is 5. The number of rotatable bonds is 5. The van der Waals surface area contributed by atoms with Gasteiger partial charge >= 0.3 is 0 Å². The van der Waals surface area contributed by atoms with Crippen molar-refractivity contribution in [3.63, 3.8) is 0 Å². The quantitative estimate of drug-likeness (QED) is 0.615. The standard InChI is InChI=1S/C21H25N7O/c1-12-23-9-13(10-24-12)11-25-18-7-14(6-16(26-18)20(22)29)19-15-4-5-21(2,3)8-17(15)27-28-19/h6-7,9-10H,4-5,8,11H2,1-3H3,(H2,22,29)(H,25,26)(H,27,28). The fraction of sp³-hybridized carbons (Fsp3) is 0.381. The van der Waals surface area contributed by atoms with Gasteiger partial charge in [-0.15, -0.1) is 0 Å². The van der Waals surface area contributed by atoms with Gasteiger partial charge in [0.15, 0.2) is 0 Å². The van der Waals surface area contributed by atoms with Gasteiger partial charge in [0, 0.05) is 41.3 Å². The zero-order valence-electron chi connectivity index (χ0n) is 16.9. The second-order valence-corrected chi connectivity index (χ2v) is 8.35. The second-order valence-electron chi connectivity index (χ2n) is 8.35. The number of hydrogen-bond donors (Lipinski definition) is 3. The molecule has 3 aromatic rings. The molecule has 0 atom stereocenters. The molecule has 3 aromatic heterocycles. The summed E-state index contributed by atoms with van der Waals surface area (Å²) in [7, 11) is 0. The fourth-order valence-corrected chi connectivity index (χ4v) is 3.67. The van der Waals surface area contributed by atoms with Crippen LogP contribution >= 0.6 is 0 Å². The van der Waals surface area contributed by atoms with Crippen LogP contribution in [-0.4, -0.2) is 31.1 Å². The summed E-state index contributed by atoms with van der Waals surface area (Å²) in [6, 6.07) is 3.61. The average Bonchev–Trinajstić information content (AvgIpc) is 3.09. The zero-order valence-corrected chi connectivity index (χ0v) is 16.9. The van der Waals surface area contributed by atoms with Crippen LogP contribution in [0.1, 0.15) is 53.4 Å². The van der Waals surface area contributed by atoms with Crippen molar-refractivity contribution < 1.29 is 4.79 Å². The van der Waals surface area contributed by atoms with Gasteiger partial charge in [0.2, 0.25) is 0 Å². The van der Waals surface area contributed by atoms with Crippen molar-refractivity contribution in [3.05, 3.63) is 52.9 Å². The molecule has 1 aliphatic carbocycles. The lowest BCUT2D eigenvalue weighted by Crippen LogP contribution is -2.22. The molecule has 0 saturated heterocycles. The fourth-order valence-electron chi connectivity index (χ4n) is 3.67. The molecular weight excluding hydrogens is 366 g/mol. The Bertz CT molecular complexity index is 1050. The number of aryl methyl sites for hydroxylation is 1. The van der Waals surface area contributed by atoms with Gasteiger partial charge in [0.1, 0.15) is 17.3 Å². The Hall–Kier alpha value is -3.29. The van der Waals surface area contributed by atoms with E-state index in [4.69, 9.17) is 5.73 Å². The van der Waals surface area contributed by atoms with E-state index in [-0.39, 0.29) is 11.1 Å². The predicted octanol–water partition coefficient (Wildman–Crippen LogP) is 2.80. The number of primary amides is 1. The number of aromatic amines is 1. The van der Waals surface area contributed by atoms with E-state index < -0.39 is 5.91 Å². The predicted molar refractivity (Wildman–Crippen MR) is 110 cm³/mol. The number of anilines is 1. The zero-order chi connectivity index (χ0) is 20.6. The minimum absolute atomic E-state index is 0.207. The molecule has 3 heterocycles. The lowest BCUT2D eigenvalue weighted by atomic mass is 9.76. The van der Waals surface area contributed by atoms with Gasteiger partial charge in [0.05, 0.1) is 5.69 Å². The normalized spacial score (nSPS) is 15.0. The summed E-state index contributed by atoms with van der Waals surface area (Å²) in [4.78, 5) is 24.6. The third kappa shape index (κ3) is 4.11. The van der Waals surface area contributed by atoms with Gasteiger partial charge < -0.3 is 11.1 Å². The molecule has 0 spiro atoms. The number of carbonyl (C=O) groups is 1. The topological polar surface area (TPSA) is 122 Å². The van der Waals surface area contributed by atoms with Crippen LogP contribution in [0.4, 0.5) is 5.82 Å². The van der Waals surface area contributed by atoms with Crippen LogP contribution in [0, 0.1) is 12.3 Å². The molecule has 4 N–H and O–H groups in total. The van der Waals surface area contributed by atoms with E-state index in [1.807, 2.05) is 13.0 Å². The van der Waals surface area contributed by atoms with Gasteiger partial charge in [-0.1, -0.05) is 13.8 Å². The smallest absolute Gasteiger partial charge is 0.267 e. The lowest BCUT2D eigenvalue weighted by molar-refractivity contribution is 0.0995. The van der Waals surface area contributed by atoms with Crippen LogP contribution < -0.4 is 11.1 Å². The van der Waals surface area contributed by atoms with Crippen molar-refractivity contribution in [1.82, 2.24) is 25.1 Å². The average molecular weight is 391 g/mol. The molecule has 0 bridgehead atoms. The van der Waals surface area contributed by atoms with Crippen molar-refractivity contribution in [2.75, 3.05) is 5.32 Å². The van der Waals surface area contributed by atoms with E-state index in [0.717, 1.165) is 41.9 Å². The van der Waals surface area contributed by atoms with Gasteiger partial charge in [0.25, 0.3) is 5.91 Å². The van der Waals surface area contributed by atoms with Crippen molar-refractivity contribution in [2.24, 2.45) is 11.1 Å². The van der Waals surface area contributed by atoms with E-state index in [1.54, 1.807) is 18.5 Å². The highest BCUT2D eigenvalue weighted by atomic mass is 16.1. The molecule has 8 nitrogen and oxygen atoms in total. The monoisotopic (exact) mass is 391 g/mol. The Morgan fingerprint density at radius 2 is 2.03 bits per heavy atom. The molecule has 0 radical (unpaired) electrons. The molecule has 29 heavy (non-hydrogen) atoms. The number of hydrogen-bond acceptors (Lipinski definition) is 6. The molecule has 150 valence electrons. The summed E-state index contributed by atoms with van der Waals surface area (Å²) in [6.07, 6.45) is 6.53. The van der Waals surface area contributed by atoms with Crippen molar-refractivity contribution >= 4 is 11.7 Å². The Morgan fingerprint density at radius 1 is 1.28 bits per heavy atom. The second kappa shape index (κ2) is 7.27. The van der Waals surface area contributed by atoms with Crippen LogP contribution in [-0.2, 0) is 19.4 Å². The van der Waals surface area contributed by atoms with E-state index >= 15 is 0 Å². The molecule has 0 unspecified atom stereocenters. The first kappa shape index (κ1) is 19.0. The van der Waals surface area contributed by atoms with E-state index in [9.17, 15) is 4.79 Å². The first-order valence-electron chi connectivity index (χ1n) is 9.70.